The van der Waals surface area contributed by atoms with Crippen molar-refractivity contribution in [3.05, 3.63) is 40.3 Å². The van der Waals surface area contributed by atoms with Crippen LogP contribution in [0.2, 0.25) is 10.0 Å². The van der Waals surface area contributed by atoms with E-state index in [0.717, 1.165) is 5.56 Å². The summed E-state index contributed by atoms with van der Waals surface area (Å²) in [6.45, 7) is 1.89. The zero-order chi connectivity index (χ0) is 12.4. The van der Waals surface area contributed by atoms with Gasteiger partial charge in [-0.3, -0.25) is 0 Å². The number of nitrogens with one attached hydrogen (secondary N) is 1. The summed E-state index contributed by atoms with van der Waals surface area (Å²) in [4.78, 5) is 7.82. The highest BCUT2D eigenvalue weighted by atomic mass is 35.5. The van der Waals surface area contributed by atoms with Gasteiger partial charge in [-0.2, -0.15) is 0 Å². The van der Waals surface area contributed by atoms with E-state index in [1.807, 2.05) is 6.92 Å². The first-order chi connectivity index (χ1) is 8.08. The Morgan fingerprint density at radius 2 is 2.00 bits per heavy atom. The largest absolute Gasteiger partial charge is 0.394 e. The number of nitrogens with two attached hydrogens (primary N) is 1. The van der Waals surface area contributed by atoms with E-state index in [-0.39, 0.29) is 0 Å². The number of aromatic nitrogens is 2. The normalized spacial score (nSPS) is 10.3. The van der Waals surface area contributed by atoms with Gasteiger partial charge >= 0.3 is 0 Å². The van der Waals surface area contributed by atoms with Gasteiger partial charge in [0, 0.05) is 5.02 Å². The van der Waals surface area contributed by atoms with E-state index in [4.69, 9.17) is 28.9 Å². The molecule has 4 nitrogen and oxygen atoms in total. The first-order valence-corrected chi connectivity index (χ1v) is 5.61. The predicted molar refractivity (Wildman–Crippen MR) is 70.9 cm³/mol. The summed E-state index contributed by atoms with van der Waals surface area (Å²) in [6.07, 6.45) is 2.92. The van der Waals surface area contributed by atoms with Crippen molar-refractivity contribution in [2.75, 3.05) is 11.1 Å². The average Bonchev–Trinajstić information content (AvgIpc) is 2.29. The second-order valence-electron chi connectivity index (χ2n) is 3.53. The molecule has 0 saturated heterocycles. The molecule has 0 unspecified atom stereocenters. The van der Waals surface area contributed by atoms with E-state index in [9.17, 15) is 0 Å². The van der Waals surface area contributed by atoms with Crippen molar-refractivity contribution in [2.45, 2.75) is 6.92 Å². The molecular formula is C11H10Cl2N4. The molecule has 0 saturated carbocycles. The Bertz CT molecular complexity index is 557. The molecule has 2 aromatic rings. The summed E-state index contributed by atoms with van der Waals surface area (Å²) < 4.78 is 0. The average molecular weight is 269 g/mol. The number of aryl methyl sites for hydroxylation is 1. The smallest absolute Gasteiger partial charge is 0.157 e. The molecule has 0 aliphatic rings. The van der Waals surface area contributed by atoms with E-state index in [0.29, 0.717) is 27.2 Å². The molecule has 0 radical (unpaired) electrons. The minimum Gasteiger partial charge on any atom is -0.394 e. The summed E-state index contributed by atoms with van der Waals surface area (Å²) in [5.74, 6) is 0.502. The maximum Gasteiger partial charge on any atom is 0.157 e. The quantitative estimate of drug-likeness (QED) is 0.876. The van der Waals surface area contributed by atoms with Gasteiger partial charge in [-0.05, 0) is 24.6 Å². The standard InChI is InChI=1S/C11H10Cl2N4/c1-6-2-8(13)10(3-7(6)12)17-11-9(14)4-15-5-16-11/h2-5H,14H2,1H3,(H,15,16,17). The first-order valence-electron chi connectivity index (χ1n) is 4.86. The maximum atomic E-state index is 6.10. The van der Waals surface area contributed by atoms with E-state index in [1.165, 1.54) is 12.5 Å². The second kappa shape index (κ2) is 4.77. The summed E-state index contributed by atoms with van der Waals surface area (Å²) in [7, 11) is 0. The maximum absolute atomic E-state index is 6.10. The molecule has 6 heteroatoms. The van der Waals surface area contributed by atoms with Gasteiger partial charge in [0.1, 0.15) is 6.33 Å². The van der Waals surface area contributed by atoms with E-state index >= 15 is 0 Å². The van der Waals surface area contributed by atoms with Crippen LogP contribution in [0.3, 0.4) is 0 Å². The van der Waals surface area contributed by atoms with E-state index < -0.39 is 0 Å². The van der Waals surface area contributed by atoms with Crippen molar-refractivity contribution in [3.63, 3.8) is 0 Å². The summed E-state index contributed by atoms with van der Waals surface area (Å²) in [5, 5.41) is 4.21. The number of benzene rings is 1. The van der Waals surface area contributed by atoms with Gasteiger partial charge in [0.25, 0.3) is 0 Å². The lowest BCUT2D eigenvalue weighted by Crippen LogP contribution is -2.00. The van der Waals surface area contributed by atoms with Crippen LogP contribution in [0.5, 0.6) is 0 Å². The number of rotatable bonds is 2. The van der Waals surface area contributed by atoms with Crippen LogP contribution in [0.25, 0.3) is 0 Å². The molecule has 0 aliphatic heterocycles. The van der Waals surface area contributed by atoms with Crippen LogP contribution in [-0.2, 0) is 0 Å². The number of halogens is 2. The number of nitrogen functional groups attached to an aromatic ring is 1. The molecule has 0 amide bonds. The zero-order valence-electron chi connectivity index (χ0n) is 9.04. The molecule has 0 bridgehead atoms. The fourth-order valence-corrected chi connectivity index (χ4v) is 1.74. The van der Waals surface area contributed by atoms with Crippen molar-refractivity contribution in [1.82, 2.24) is 9.97 Å². The minimum absolute atomic E-state index is 0.445. The summed E-state index contributed by atoms with van der Waals surface area (Å²) in [5.41, 5.74) is 7.74. The van der Waals surface area contributed by atoms with Crippen LogP contribution in [0.4, 0.5) is 17.2 Å². The van der Waals surface area contributed by atoms with Crippen molar-refractivity contribution in [2.24, 2.45) is 0 Å². The van der Waals surface area contributed by atoms with Gasteiger partial charge < -0.3 is 11.1 Å². The SMILES string of the molecule is Cc1cc(Cl)c(Nc2ncncc2N)cc1Cl. The Morgan fingerprint density at radius 3 is 2.71 bits per heavy atom. The van der Waals surface area contributed by atoms with Crippen LogP contribution in [0, 0.1) is 6.92 Å². The second-order valence-corrected chi connectivity index (χ2v) is 4.35. The lowest BCUT2D eigenvalue weighted by atomic mass is 10.2. The Kier molecular flexibility index (Phi) is 3.36. The third kappa shape index (κ3) is 2.60. The highest BCUT2D eigenvalue weighted by molar-refractivity contribution is 6.35. The van der Waals surface area contributed by atoms with Gasteiger partial charge in [0.2, 0.25) is 0 Å². The molecule has 3 N–H and O–H groups in total. The third-order valence-corrected chi connectivity index (χ3v) is 2.96. The molecular weight excluding hydrogens is 259 g/mol. The van der Waals surface area contributed by atoms with Gasteiger partial charge in [0.15, 0.2) is 5.82 Å². The Morgan fingerprint density at radius 1 is 1.24 bits per heavy atom. The molecule has 0 fully saturated rings. The van der Waals surface area contributed by atoms with Gasteiger partial charge in [-0.1, -0.05) is 23.2 Å². The summed E-state index contributed by atoms with van der Waals surface area (Å²) >= 11 is 12.1. The van der Waals surface area contributed by atoms with Crippen molar-refractivity contribution < 1.29 is 0 Å². The third-order valence-electron chi connectivity index (χ3n) is 2.24. The Hall–Kier alpha value is -1.52. The molecule has 17 heavy (non-hydrogen) atoms. The monoisotopic (exact) mass is 268 g/mol. The number of nitrogens with zero attached hydrogens (tertiary/aromatic N) is 2. The van der Waals surface area contributed by atoms with Gasteiger partial charge in [-0.25, -0.2) is 9.97 Å². The van der Waals surface area contributed by atoms with Crippen molar-refractivity contribution in [3.8, 4) is 0 Å². The van der Waals surface area contributed by atoms with Gasteiger partial charge in [0.05, 0.1) is 22.6 Å². The zero-order valence-corrected chi connectivity index (χ0v) is 10.5. The first kappa shape index (κ1) is 12.0. The molecule has 0 aliphatic carbocycles. The molecule has 1 aromatic heterocycles. The molecule has 2 rings (SSSR count). The van der Waals surface area contributed by atoms with Crippen molar-refractivity contribution >= 4 is 40.4 Å². The Balaban J connectivity index is 2.37. The predicted octanol–water partition coefficient (Wildman–Crippen LogP) is 3.42. The van der Waals surface area contributed by atoms with Crippen LogP contribution < -0.4 is 11.1 Å². The van der Waals surface area contributed by atoms with Crippen LogP contribution in [0.1, 0.15) is 5.56 Å². The van der Waals surface area contributed by atoms with Crippen molar-refractivity contribution in [1.29, 1.82) is 0 Å². The number of hydrogen-bond donors (Lipinski definition) is 2. The lowest BCUT2D eigenvalue weighted by Gasteiger charge is -2.10. The fourth-order valence-electron chi connectivity index (χ4n) is 1.31. The number of anilines is 3. The molecule has 0 atom stereocenters. The van der Waals surface area contributed by atoms with Crippen LogP contribution in [0.15, 0.2) is 24.7 Å². The summed E-state index contributed by atoms with van der Waals surface area (Å²) in [6, 6.07) is 3.52. The fraction of sp³-hybridized carbons (Fsp3) is 0.0909. The lowest BCUT2D eigenvalue weighted by molar-refractivity contribution is 1.17. The molecule has 1 heterocycles. The highest BCUT2D eigenvalue weighted by Crippen LogP contribution is 2.31. The van der Waals surface area contributed by atoms with Crippen LogP contribution in [-0.4, -0.2) is 9.97 Å². The van der Waals surface area contributed by atoms with Crippen LogP contribution >= 0.6 is 23.2 Å². The van der Waals surface area contributed by atoms with E-state index in [2.05, 4.69) is 15.3 Å². The van der Waals surface area contributed by atoms with E-state index in [1.54, 1.807) is 12.1 Å². The number of hydrogen-bond acceptors (Lipinski definition) is 4. The Labute approximate surface area is 109 Å². The molecule has 1 aromatic carbocycles. The molecule has 88 valence electrons. The topological polar surface area (TPSA) is 63.8 Å². The molecule has 0 spiro atoms. The minimum atomic E-state index is 0.445. The highest BCUT2D eigenvalue weighted by Gasteiger charge is 2.07. The van der Waals surface area contributed by atoms with Gasteiger partial charge in [-0.15, -0.1) is 0 Å².